The number of aromatic nitrogens is 1. The molecule has 104 valence electrons. The number of nitrogens with zero attached hydrogens (tertiary/aromatic N) is 2. The zero-order valence-electron chi connectivity index (χ0n) is 9.80. The lowest BCUT2D eigenvalue weighted by Crippen LogP contribution is -2.12. The number of hydrogen-bond acceptors (Lipinski definition) is 5. The molecule has 0 fully saturated rings. The third-order valence-corrected chi connectivity index (χ3v) is 3.71. The van der Waals surface area contributed by atoms with Gasteiger partial charge in [0.05, 0.1) is 16.5 Å². The predicted octanol–water partition coefficient (Wildman–Crippen LogP) is 3.70. The van der Waals surface area contributed by atoms with Crippen LogP contribution in [0.25, 0.3) is 0 Å². The summed E-state index contributed by atoms with van der Waals surface area (Å²) in [6, 6.07) is 3.83. The number of carbonyl (C=O) groups is 1. The van der Waals surface area contributed by atoms with Gasteiger partial charge >= 0.3 is 0 Å². The number of hydrogen-bond donors (Lipinski definition) is 1. The maximum absolute atomic E-state index is 12.0. The van der Waals surface area contributed by atoms with Crippen molar-refractivity contribution >= 4 is 51.3 Å². The molecule has 6 nitrogen and oxygen atoms in total. The molecule has 0 aliphatic carbocycles. The van der Waals surface area contributed by atoms with E-state index in [1.165, 1.54) is 23.5 Å². The van der Waals surface area contributed by atoms with Crippen molar-refractivity contribution in [3.8, 4) is 0 Å². The van der Waals surface area contributed by atoms with Crippen LogP contribution in [0.15, 0.2) is 23.6 Å². The van der Waals surface area contributed by atoms with E-state index in [0.717, 1.165) is 6.07 Å². The van der Waals surface area contributed by atoms with E-state index in [9.17, 15) is 14.9 Å². The molecular weight excluding hydrogens is 325 g/mol. The zero-order valence-corrected chi connectivity index (χ0v) is 12.1. The molecule has 1 amide bonds. The number of nitro groups is 1. The van der Waals surface area contributed by atoms with Gasteiger partial charge in [0.15, 0.2) is 5.13 Å². The molecule has 0 spiro atoms. The molecule has 9 heteroatoms. The summed E-state index contributed by atoms with van der Waals surface area (Å²) in [7, 11) is 0. The van der Waals surface area contributed by atoms with Gasteiger partial charge < -0.3 is 0 Å². The largest absolute Gasteiger partial charge is 0.298 e. The van der Waals surface area contributed by atoms with Crippen molar-refractivity contribution in [3.63, 3.8) is 0 Å². The second-order valence-electron chi connectivity index (χ2n) is 3.66. The van der Waals surface area contributed by atoms with Gasteiger partial charge in [-0.2, -0.15) is 0 Å². The van der Waals surface area contributed by atoms with Crippen molar-refractivity contribution in [2.24, 2.45) is 0 Å². The molecule has 2 aromatic rings. The fraction of sp³-hybridized carbons (Fsp3) is 0.0909. The Morgan fingerprint density at radius 1 is 1.50 bits per heavy atom. The van der Waals surface area contributed by atoms with Crippen LogP contribution in [0, 0.1) is 10.1 Å². The van der Waals surface area contributed by atoms with Crippen LogP contribution in [0.3, 0.4) is 0 Å². The highest BCUT2D eigenvalue weighted by molar-refractivity contribution is 7.14. The lowest BCUT2D eigenvalue weighted by atomic mass is 10.2. The minimum atomic E-state index is -0.645. The lowest BCUT2D eigenvalue weighted by molar-refractivity contribution is -0.384. The number of rotatable bonds is 4. The Balaban J connectivity index is 2.21. The van der Waals surface area contributed by atoms with Gasteiger partial charge in [-0.3, -0.25) is 20.2 Å². The van der Waals surface area contributed by atoms with Crippen molar-refractivity contribution in [2.45, 2.75) is 5.88 Å². The Bertz CT molecular complexity index is 675. The molecule has 20 heavy (non-hydrogen) atoms. The third-order valence-electron chi connectivity index (χ3n) is 2.31. The second-order valence-corrected chi connectivity index (χ2v) is 5.19. The summed E-state index contributed by atoms with van der Waals surface area (Å²) in [5, 5.41) is 15.4. The molecular formula is C11H7Cl2N3O3S. The van der Waals surface area contributed by atoms with E-state index in [2.05, 4.69) is 10.3 Å². The molecule has 0 bridgehead atoms. The second kappa shape index (κ2) is 6.17. The molecule has 1 N–H and O–H groups in total. The molecule has 0 saturated carbocycles. The maximum atomic E-state index is 12.0. The Hall–Kier alpha value is -1.70. The molecule has 0 aliphatic rings. The highest BCUT2D eigenvalue weighted by atomic mass is 35.5. The number of halogens is 2. The Labute approximate surface area is 127 Å². The minimum Gasteiger partial charge on any atom is -0.298 e. The number of amides is 1. The Morgan fingerprint density at radius 3 is 2.85 bits per heavy atom. The van der Waals surface area contributed by atoms with Crippen molar-refractivity contribution < 1.29 is 9.72 Å². The van der Waals surface area contributed by atoms with E-state index >= 15 is 0 Å². The highest BCUT2D eigenvalue weighted by Crippen LogP contribution is 2.26. The van der Waals surface area contributed by atoms with Gasteiger partial charge in [-0.25, -0.2) is 4.98 Å². The topological polar surface area (TPSA) is 85.1 Å². The molecule has 0 radical (unpaired) electrons. The number of alkyl halides is 1. The van der Waals surface area contributed by atoms with Crippen LogP contribution >= 0.6 is 34.5 Å². The van der Waals surface area contributed by atoms with Gasteiger partial charge in [0.25, 0.3) is 11.6 Å². The van der Waals surface area contributed by atoms with Crippen LogP contribution in [-0.2, 0) is 5.88 Å². The van der Waals surface area contributed by atoms with Crippen LogP contribution < -0.4 is 5.32 Å². The maximum Gasteiger partial charge on any atom is 0.288 e. The van der Waals surface area contributed by atoms with Crippen molar-refractivity contribution in [3.05, 3.63) is 50.0 Å². The number of nitro benzene ring substituents is 1. The molecule has 1 aromatic carbocycles. The minimum absolute atomic E-state index is 0.0229. The monoisotopic (exact) mass is 331 g/mol. The summed E-state index contributed by atoms with van der Waals surface area (Å²) in [6.07, 6.45) is 0. The van der Waals surface area contributed by atoms with Crippen LogP contribution in [-0.4, -0.2) is 15.8 Å². The lowest BCUT2D eigenvalue weighted by Gasteiger charge is -2.02. The van der Waals surface area contributed by atoms with E-state index in [0.29, 0.717) is 10.8 Å². The molecule has 2 rings (SSSR count). The van der Waals surface area contributed by atoms with Crippen molar-refractivity contribution in [2.75, 3.05) is 5.32 Å². The number of anilines is 1. The highest BCUT2D eigenvalue weighted by Gasteiger charge is 2.17. The Morgan fingerprint density at radius 2 is 2.25 bits per heavy atom. The summed E-state index contributed by atoms with van der Waals surface area (Å²) < 4.78 is 0. The third kappa shape index (κ3) is 3.24. The Kier molecular flexibility index (Phi) is 4.53. The summed E-state index contributed by atoms with van der Waals surface area (Å²) in [4.78, 5) is 26.1. The number of thiazole rings is 1. The van der Waals surface area contributed by atoms with Gasteiger partial charge in [-0.15, -0.1) is 22.9 Å². The molecule has 1 aromatic heterocycles. The van der Waals surface area contributed by atoms with Gasteiger partial charge in [-0.05, 0) is 12.1 Å². The average Bonchev–Trinajstić information content (AvgIpc) is 2.86. The average molecular weight is 332 g/mol. The fourth-order valence-electron chi connectivity index (χ4n) is 1.39. The summed E-state index contributed by atoms with van der Waals surface area (Å²) in [5.74, 6) is -0.251. The number of benzene rings is 1. The first-order chi connectivity index (χ1) is 9.51. The van der Waals surface area contributed by atoms with E-state index in [-0.39, 0.29) is 22.2 Å². The predicted molar refractivity (Wildman–Crippen MR) is 77.7 cm³/mol. The van der Waals surface area contributed by atoms with E-state index in [1.54, 1.807) is 5.38 Å². The number of carbonyl (C=O) groups excluding carboxylic acids is 1. The normalized spacial score (nSPS) is 10.3. The van der Waals surface area contributed by atoms with Gasteiger partial charge in [0, 0.05) is 17.0 Å². The molecule has 0 aliphatic heterocycles. The number of nitrogens with one attached hydrogen (secondary N) is 1. The molecule has 0 unspecified atom stereocenters. The van der Waals surface area contributed by atoms with Crippen LogP contribution in [0.5, 0.6) is 0 Å². The van der Waals surface area contributed by atoms with Gasteiger partial charge in [0.2, 0.25) is 0 Å². The quantitative estimate of drug-likeness (QED) is 0.525. The van der Waals surface area contributed by atoms with Gasteiger partial charge in [-0.1, -0.05) is 11.6 Å². The fourth-order valence-corrected chi connectivity index (χ4v) is 2.51. The van der Waals surface area contributed by atoms with Gasteiger partial charge in [0.1, 0.15) is 5.02 Å². The molecule has 1 heterocycles. The van der Waals surface area contributed by atoms with E-state index in [1.807, 2.05) is 0 Å². The van der Waals surface area contributed by atoms with Crippen LogP contribution in [0.4, 0.5) is 10.8 Å². The van der Waals surface area contributed by atoms with Crippen molar-refractivity contribution in [1.29, 1.82) is 0 Å². The summed E-state index contributed by atoms with van der Waals surface area (Å²) >= 11 is 12.5. The summed E-state index contributed by atoms with van der Waals surface area (Å²) in [5.41, 5.74) is 0.456. The van der Waals surface area contributed by atoms with Crippen LogP contribution in [0.2, 0.25) is 5.02 Å². The zero-order chi connectivity index (χ0) is 14.7. The van der Waals surface area contributed by atoms with E-state index in [4.69, 9.17) is 23.2 Å². The molecule has 0 saturated heterocycles. The van der Waals surface area contributed by atoms with Crippen LogP contribution in [0.1, 0.15) is 16.1 Å². The molecule has 0 atom stereocenters. The first-order valence-corrected chi connectivity index (χ1v) is 7.06. The first-order valence-electron chi connectivity index (χ1n) is 5.27. The van der Waals surface area contributed by atoms with E-state index < -0.39 is 10.8 Å². The standard InChI is InChI=1S/C11H7Cl2N3O3S/c12-4-7-5-20-11(14-7)15-10(17)6-1-2-8(13)9(3-6)16(18)19/h1-3,5H,4H2,(H,14,15,17). The smallest absolute Gasteiger partial charge is 0.288 e. The first kappa shape index (κ1) is 14.7. The summed E-state index contributed by atoms with van der Waals surface area (Å²) in [6.45, 7) is 0. The SMILES string of the molecule is O=C(Nc1nc(CCl)cs1)c1ccc(Cl)c([N+](=O)[O-])c1. The van der Waals surface area contributed by atoms with Crippen molar-refractivity contribution in [1.82, 2.24) is 4.98 Å².